The second kappa shape index (κ2) is 6.63. The molecule has 1 nitrogen and oxygen atoms in total. The minimum Gasteiger partial charge on any atom is -0.288 e. The van der Waals surface area contributed by atoms with Gasteiger partial charge in [-0.05, 0) is 23.4 Å². The molecule has 0 radical (unpaired) electrons. The number of Topliss-reactive ketones (excluding diaryl/α,β-unsaturated/α-hetero) is 1. The summed E-state index contributed by atoms with van der Waals surface area (Å²) in [5.74, 6) is -0.637. The number of allylic oxidation sites excluding steroid dienone is 1. The van der Waals surface area contributed by atoms with Gasteiger partial charge < -0.3 is 0 Å². The van der Waals surface area contributed by atoms with Gasteiger partial charge in [-0.25, -0.2) is 0 Å². The number of rotatable bonds is 4. The van der Waals surface area contributed by atoms with Gasteiger partial charge in [-0.3, -0.25) is 4.79 Å². The summed E-state index contributed by atoms with van der Waals surface area (Å²) >= 11 is -0.389. The first-order valence-corrected chi connectivity index (χ1v) is 6.89. The van der Waals surface area contributed by atoms with Gasteiger partial charge in [-0.15, -0.1) is 0 Å². The fourth-order valence-electron chi connectivity index (χ4n) is 1.70. The van der Waals surface area contributed by atoms with E-state index in [1.54, 1.807) is 48.5 Å². The predicted octanol–water partition coefficient (Wildman–Crippen LogP) is 5.16. The Morgan fingerprint density at radius 2 is 1.43 bits per heavy atom. The second-order valence-electron chi connectivity index (χ2n) is 4.16. The molecule has 2 aromatic carbocycles. The van der Waals surface area contributed by atoms with Crippen LogP contribution in [0.15, 0.2) is 65.6 Å². The zero-order valence-corrected chi connectivity index (χ0v) is 11.6. The molecule has 0 unspecified atom stereocenters. The fourth-order valence-corrected chi connectivity index (χ4v) is 2.35. The van der Waals surface area contributed by atoms with Gasteiger partial charge in [0.2, 0.25) is 0 Å². The van der Waals surface area contributed by atoms with E-state index in [0.717, 1.165) is 0 Å². The van der Waals surface area contributed by atoms with E-state index in [-0.39, 0.29) is 22.2 Å². The SMILES string of the molecule is O=C(/C(=C/c1ccccc1)SC(F)(F)F)c1ccccc1. The van der Waals surface area contributed by atoms with Gasteiger partial charge in [0.1, 0.15) is 0 Å². The topological polar surface area (TPSA) is 17.1 Å². The van der Waals surface area contributed by atoms with Crippen molar-refractivity contribution in [1.29, 1.82) is 0 Å². The Morgan fingerprint density at radius 3 is 1.95 bits per heavy atom. The van der Waals surface area contributed by atoms with Crippen molar-refractivity contribution in [1.82, 2.24) is 0 Å². The average molecular weight is 308 g/mol. The molecule has 0 amide bonds. The quantitative estimate of drug-likeness (QED) is 0.573. The number of carbonyl (C=O) groups is 1. The number of halogens is 3. The summed E-state index contributed by atoms with van der Waals surface area (Å²) in [6.45, 7) is 0. The molecule has 2 aromatic rings. The lowest BCUT2D eigenvalue weighted by Crippen LogP contribution is -2.07. The molecule has 5 heteroatoms. The van der Waals surface area contributed by atoms with Crippen molar-refractivity contribution in [3.63, 3.8) is 0 Å². The van der Waals surface area contributed by atoms with E-state index in [0.29, 0.717) is 5.56 Å². The first kappa shape index (κ1) is 15.4. The molecule has 0 aliphatic heterocycles. The van der Waals surface area contributed by atoms with Crippen LogP contribution in [0.3, 0.4) is 0 Å². The molecule has 0 saturated carbocycles. The van der Waals surface area contributed by atoms with E-state index < -0.39 is 11.3 Å². The Kier molecular flexibility index (Phi) is 4.85. The summed E-state index contributed by atoms with van der Waals surface area (Å²) in [6, 6.07) is 16.4. The third-order valence-electron chi connectivity index (χ3n) is 2.58. The monoisotopic (exact) mass is 308 g/mol. The molecule has 0 aliphatic carbocycles. The van der Waals surface area contributed by atoms with Crippen molar-refractivity contribution in [3.05, 3.63) is 76.7 Å². The van der Waals surface area contributed by atoms with Gasteiger partial charge >= 0.3 is 5.51 Å². The average Bonchev–Trinajstić information content (AvgIpc) is 2.46. The van der Waals surface area contributed by atoms with Crippen LogP contribution in [-0.4, -0.2) is 11.3 Å². The molecule has 0 fully saturated rings. The number of hydrogen-bond donors (Lipinski definition) is 0. The Balaban J connectivity index is 2.37. The fraction of sp³-hybridized carbons (Fsp3) is 0.0625. The number of alkyl halides is 3. The third-order valence-corrected chi connectivity index (χ3v) is 3.34. The number of ketones is 1. The van der Waals surface area contributed by atoms with Crippen LogP contribution < -0.4 is 0 Å². The van der Waals surface area contributed by atoms with Gasteiger partial charge in [-0.2, -0.15) is 13.2 Å². The van der Waals surface area contributed by atoms with Crippen molar-refractivity contribution < 1.29 is 18.0 Å². The highest BCUT2D eigenvalue weighted by Crippen LogP contribution is 2.38. The van der Waals surface area contributed by atoms with Gasteiger partial charge in [0.25, 0.3) is 0 Å². The number of hydrogen-bond acceptors (Lipinski definition) is 2. The maximum atomic E-state index is 12.7. The van der Waals surface area contributed by atoms with E-state index in [2.05, 4.69) is 0 Å². The highest BCUT2D eigenvalue weighted by molar-refractivity contribution is 8.05. The summed E-state index contributed by atoms with van der Waals surface area (Å²) in [5.41, 5.74) is -3.73. The molecule has 21 heavy (non-hydrogen) atoms. The molecule has 0 heterocycles. The molecule has 0 aromatic heterocycles. The molecule has 0 spiro atoms. The molecule has 0 saturated heterocycles. The number of carbonyl (C=O) groups excluding carboxylic acids is 1. The van der Waals surface area contributed by atoms with Gasteiger partial charge in [0, 0.05) is 5.56 Å². The third kappa shape index (κ3) is 4.79. The Bertz CT molecular complexity index is 634. The normalized spacial score (nSPS) is 12.2. The summed E-state index contributed by atoms with van der Waals surface area (Å²) in [6.07, 6.45) is 1.26. The zero-order valence-electron chi connectivity index (χ0n) is 10.8. The van der Waals surface area contributed by atoms with E-state index in [4.69, 9.17) is 0 Å². The molecule has 108 valence electrons. The summed E-state index contributed by atoms with van der Waals surface area (Å²) in [7, 11) is 0. The van der Waals surface area contributed by atoms with Crippen molar-refractivity contribution in [2.45, 2.75) is 5.51 Å². The van der Waals surface area contributed by atoms with Crippen LogP contribution in [0.1, 0.15) is 15.9 Å². The lowest BCUT2D eigenvalue weighted by molar-refractivity contribution is -0.0322. The number of benzene rings is 2. The molecule has 0 aliphatic rings. The highest BCUT2D eigenvalue weighted by atomic mass is 32.2. The first-order valence-electron chi connectivity index (χ1n) is 6.08. The van der Waals surface area contributed by atoms with Crippen molar-refractivity contribution in [3.8, 4) is 0 Å². The van der Waals surface area contributed by atoms with Crippen LogP contribution in [0.2, 0.25) is 0 Å². The molecule has 0 bridgehead atoms. The van der Waals surface area contributed by atoms with Crippen molar-refractivity contribution in [2.75, 3.05) is 0 Å². The van der Waals surface area contributed by atoms with Crippen LogP contribution in [0.4, 0.5) is 13.2 Å². The van der Waals surface area contributed by atoms with Crippen LogP contribution in [-0.2, 0) is 0 Å². The van der Waals surface area contributed by atoms with Crippen molar-refractivity contribution >= 4 is 23.6 Å². The molecular formula is C16H11F3OS. The predicted molar refractivity (Wildman–Crippen MR) is 78.8 cm³/mol. The van der Waals surface area contributed by atoms with E-state index >= 15 is 0 Å². The van der Waals surface area contributed by atoms with E-state index in [9.17, 15) is 18.0 Å². The van der Waals surface area contributed by atoms with Crippen LogP contribution in [0.5, 0.6) is 0 Å². The molecule has 2 rings (SSSR count). The Morgan fingerprint density at radius 1 is 0.905 bits per heavy atom. The Labute approximate surface area is 124 Å². The lowest BCUT2D eigenvalue weighted by atomic mass is 10.1. The van der Waals surface area contributed by atoms with Gasteiger partial charge in [-0.1, -0.05) is 60.7 Å². The number of thioether (sulfide) groups is 1. The van der Waals surface area contributed by atoms with Gasteiger partial charge in [0.15, 0.2) is 5.78 Å². The smallest absolute Gasteiger partial charge is 0.288 e. The molecule has 0 atom stereocenters. The summed E-state index contributed by atoms with van der Waals surface area (Å²) < 4.78 is 38.0. The second-order valence-corrected chi connectivity index (χ2v) is 5.27. The largest absolute Gasteiger partial charge is 0.446 e. The highest BCUT2D eigenvalue weighted by Gasteiger charge is 2.33. The Hall–Kier alpha value is -2.01. The minimum absolute atomic E-state index is 0.233. The van der Waals surface area contributed by atoms with Gasteiger partial charge in [0.05, 0.1) is 4.91 Å². The molecule has 0 N–H and O–H groups in total. The molecular weight excluding hydrogens is 297 g/mol. The zero-order chi connectivity index (χ0) is 15.3. The van der Waals surface area contributed by atoms with E-state index in [1.165, 1.54) is 18.2 Å². The first-order chi connectivity index (χ1) is 9.96. The standard InChI is InChI=1S/C16H11F3OS/c17-16(18,19)21-14(11-12-7-3-1-4-8-12)15(20)13-9-5-2-6-10-13/h1-11H/b14-11-. The van der Waals surface area contributed by atoms with Crippen LogP contribution in [0, 0.1) is 0 Å². The minimum atomic E-state index is -4.51. The van der Waals surface area contributed by atoms with Crippen LogP contribution >= 0.6 is 11.8 Å². The summed E-state index contributed by atoms with van der Waals surface area (Å²) in [4.78, 5) is 11.9. The lowest BCUT2D eigenvalue weighted by Gasteiger charge is -2.09. The maximum Gasteiger partial charge on any atom is 0.446 e. The maximum absolute atomic E-state index is 12.7. The van der Waals surface area contributed by atoms with Crippen molar-refractivity contribution in [2.24, 2.45) is 0 Å². The van der Waals surface area contributed by atoms with Crippen LogP contribution in [0.25, 0.3) is 6.08 Å². The van der Waals surface area contributed by atoms with E-state index in [1.807, 2.05) is 0 Å². The summed E-state index contributed by atoms with van der Waals surface area (Å²) in [5, 5.41) is 0.